The maximum atomic E-state index is 13.2. The highest BCUT2D eigenvalue weighted by Gasteiger charge is 2.20. The fourth-order valence-corrected chi connectivity index (χ4v) is 1.28. The van der Waals surface area contributed by atoms with Crippen molar-refractivity contribution in [2.24, 2.45) is 5.41 Å². The van der Waals surface area contributed by atoms with E-state index in [9.17, 15) is 9.18 Å². The van der Waals surface area contributed by atoms with Crippen LogP contribution in [0.3, 0.4) is 0 Å². The summed E-state index contributed by atoms with van der Waals surface area (Å²) in [6.45, 7) is 6.03. The van der Waals surface area contributed by atoms with Crippen molar-refractivity contribution in [3.8, 4) is 0 Å². The second-order valence-corrected chi connectivity index (χ2v) is 4.85. The van der Waals surface area contributed by atoms with Gasteiger partial charge in [0.1, 0.15) is 5.82 Å². The molecule has 0 aliphatic heterocycles. The molecule has 1 rings (SSSR count). The van der Waals surface area contributed by atoms with Crippen LogP contribution in [0.5, 0.6) is 0 Å². The summed E-state index contributed by atoms with van der Waals surface area (Å²) in [5.41, 5.74) is 0.242. The van der Waals surface area contributed by atoms with Crippen molar-refractivity contribution in [3.05, 3.63) is 35.6 Å². The summed E-state index contributed by atoms with van der Waals surface area (Å²) in [6.07, 6.45) is 0.522. The summed E-state index contributed by atoms with van der Waals surface area (Å²) in [5, 5.41) is 2.79. The molecule has 16 heavy (non-hydrogen) atoms. The van der Waals surface area contributed by atoms with Crippen LogP contribution >= 0.6 is 0 Å². The van der Waals surface area contributed by atoms with Gasteiger partial charge in [-0.05, 0) is 18.1 Å². The van der Waals surface area contributed by atoms with Gasteiger partial charge in [0.05, 0.1) is 0 Å². The Morgan fingerprint density at radius 3 is 2.50 bits per heavy atom. The van der Waals surface area contributed by atoms with Gasteiger partial charge in [-0.15, -0.1) is 0 Å². The third kappa shape index (κ3) is 3.65. The molecule has 0 aliphatic rings. The lowest BCUT2D eigenvalue weighted by atomic mass is 9.95. The first-order valence-corrected chi connectivity index (χ1v) is 5.43. The SMILES string of the molecule is CC(C)(C)C(=O)NCCc1ccccc1F. The molecule has 88 valence electrons. The lowest BCUT2D eigenvalue weighted by Gasteiger charge is -2.17. The van der Waals surface area contributed by atoms with Gasteiger partial charge in [0.15, 0.2) is 0 Å². The number of carbonyl (C=O) groups excluding carboxylic acids is 1. The molecule has 1 N–H and O–H groups in total. The van der Waals surface area contributed by atoms with Gasteiger partial charge < -0.3 is 5.32 Å². The van der Waals surface area contributed by atoms with Gasteiger partial charge in [0, 0.05) is 12.0 Å². The number of hydrogen-bond donors (Lipinski definition) is 1. The first-order valence-electron chi connectivity index (χ1n) is 5.43. The third-order valence-electron chi connectivity index (χ3n) is 2.32. The van der Waals surface area contributed by atoms with Gasteiger partial charge in [0.2, 0.25) is 5.91 Å². The highest BCUT2D eigenvalue weighted by atomic mass is 19.1. The van der Waals surface area contributed by atoms with E-state index < -0.39 is 5.41 Å². The van der Waals surface area contributed by atoms with E-state index in [0.717, 1.165) is 0 Å². The van der Waals surface area contributed by atoms with Crippen LogP contribution in [0.2, 0.25) is 0 Å². The number of carbonyl (C=O) groups is 1. The Morgan fingerprint density at radius 2 is 1.94 bits per heavy atom. The van der Waals surface area contributed by atoms with Gasteiger partial charge in [-0.3, -0.25) is 4.79 Å². The van der Waals surface area contributed by atoms with Gasteiger partial charge in [-0.25, -0.2) is 4.39 Å². The zero-order chi connectivity index (χ0) is 12.2. The van der Waals surface area contributed by atoms with Crippen molar-refractivity contribution in [1.29, 1.82) is 0 Å². The molecule has 0 atom stereocenters. The number of hydrogen-bond acceptors (Lipinski definition) is 1. The van der Waals surface area contributed by atoms with Crippen molar-refractivity contribution in [2.45, 2.75) is 27.2 Å². The van der Waals surface area contributed by atoms with Crippen LogP contribution < -0.4 is 5.32 Å². The summed E-state index contributed by atoms with van der Waals surface area (Å²) in [6, 6.07) is 6.62. The molecular weight excluding hydrogens is 205 g/mol. The first-order chi connectivity index (χ1) is 7.41. The van der Waals surface area contributed by atoms with Crippen LogP contribution in [0.15, 0.2) is 24.3 Å². The molecule has 1 aromatic rings. The number of halogens is 1. The summed E-state index contributed by atoms with van der Waals surface area (Å²) in [5.74, 6) is -0.226. The number of nitrogens with one attached hydrogen (secondary N) is 1. The Kier molecular flexibility index (Phi) is 4.05. The molecule has 2 nitrogen and oxygen atoms in total. The maximum Gasteiger partial charge on any atom is 0.225 e. The van der Waals surface area contributed by atoms with Crippen molar-refractivity contribution in [1.82, 2.24) is 5.32 Å². The van der Waals surface area contributed by atoms with E-state index in [1.54, 1.807) is 18.2 Å². The van der Waals surface area contributed by atoms with Crippen molar-refractivity contribution in [3.63, 3.8) is 0 Å². The standard InChI is InChI=1S/C13H18FNO/c1-13(2,3)12(16)15-9-8-10-6-4-5-7-11(10)14/h4-7H,8-9H2,1-3H3,(H,15,16). The smallest absolute Gasteiger partial charge is 0.225 e. The fourth-order valence-electron chi connectivity index (χ4n) is 1.28. The summed E-state index contributed by atoms with van der Waals surface area (Å²) < 4.78 is 13.2. The van der Waals surface area contributed by atoms with E-state index >= 15 is 0 Å². The van der Waals surface area contributed by atoms with Gasteiger partial charge in [-0.2, -0.15) is 0 Å². The molecule has 0 heterocycles. The third-order valence-corrected chi connectivity index (χ3v) is 2.32. The predicted octanol–water partition coefficient (Wildman–Crippen LogP) is 2.53. The number of benzene rings is 1. The van der Waals surface area contributed by atoms with Crippen LogP contribution in [0, 0.1) is 11.2 Å². The summed E-state index contributed by atoms with van der Waals surface area (Å²) in [4.78, 5) is 11.5. The lowest BCUT2D eigenvalue weighted by molar-refractivity contribution is -0.128. The van der Waals surface area contributed by atoms with Crippen molar-refractivity contribution in [2.75, 3.05) is 6.54 Å². The Labute approximate surface area is 95.9 Å². The first kappa shape index (κ1) is 12.7. The molecule has 0 saturated heterocycles. The zero-order valence-corrected chi connectivity index (χ0v) is 10.0. The topological polar surface area (TPSA) is 29.1 Å². The highest BCUT2D eigenvalue weighted by molar-refractivity contribution is 5.81. The Balaban J connectivity index is 2.43. The molecule has 0 aromatic heterocycles. The molecule has 0 bridgehead atoms. The lowest BCUT2D eigenvalue weighted by Crippen LogP contribution is -2.36. The molecule has 0 fully saturated rings. The summed E-state index contributed by atoms with van der Waals surface area (Å²) >= 11 is 0. The minimum absolute atomic E-state index is 0.0103. The second kappa shape index (κ2) is 5.10. The van der Waals surface area contributed by atoms with Gasteiger partial charge in [0.25, 0.3) is 0 Å². The van der Waals surface area contributed by atoms with Gasteiger partial charge >= 0.3 is 0 Å². The molecule has 1 amide bonds. The van der Waals surface area contributed by atoms with Crippen LogP contribution in [-0.4, -0.2) is 12.5 Å². The highest BCUT2D eigenvalue weighted by Crippen LogP contribution is 2.12. The molecule has 0 unspecified atom stereocenters. The van der Waals surface area contributed by atoms with E-state index in [-0.39, 0.29) is 11.7 Å². The van der Waals surface area contributed by atoms with Crippen LogP contribution in [0.1, 0.15) is 26.3 Å². The van der Waals surface area contributed by atoms with E-state index in [0.29, 0.717) is 18.5 Å². The molecule has 0 spiro atoms. The maximum absolute atomic E-state index is 13.2. The normalized spacial score (nSPS) is 11.2. The second-order valence-electron chi connectivity index (χ2n) is 4.85. The predicted molar refractivity (Wildman–Crippen MR) is 62.6 cm³/mol. The molecule has 3 heteroatoms. The van der Waals surface area contributed by atoms with E-state index in [4.69, 9.17) is 0 Å². The molecule has 0 aliphatic carbocycles. The minimum atomic E-state index is -0.394. The summed E-state index contributed by atoms with van der Waals surface area (Å²) in [7, 11) is 0. The van der Waals surface area contributed by atoms with Crippen molar-refractivity contribution < 1.29 is 9.18 Å². The van der Waals surface area contributed by atoms with E-state index in [1.807, 2.05) is 20.8 Å². The average Bonchev–Trinajstić information content (AvgIpc) is 2.19. The number of rotatable bonds is 3. The van der Waals surface area contributed by atoms with Gasteiger partial charge in [-0.1, -0.05) is 39.0 Å². The Hall–Kier alpha value is -1.38. The fraction of sp³-hybridized carbons (Fsp3) is 0.462. The molecular formula is C13H18FNO. The van der Waals surface area contributed by atoms with Crippen LogP contribution in [0.25, 0.3) is 0 Å². The average molecular weight is 223 g/mol. The molecule has 0 saturated carbocycles. The van der Waals surface area contributed by atoms with Crippen molar-refractivity contribution >= 4 is 5.91 Å². The quantitative estimate of drug-likeness (QED) is 0.838. The van der Waals surface area contributed by atoms with Crippen LogP contribution in [0.4, 0.5) is 4.39 Å². The van der Waals surface area contributed by atoms with E-state index in [2.05, 4.69) is 5.32 Å². The Morgan fingerprint density at radius 1 is 1.31 bits per heavy atom. The Bertz CT molecular complexity index is 368. The van der Waals surface area contributed by atoms with Crippen LogP contribution in [-0.2, 0) is 11.2 Å². The molecule has 1 aromatic carbocycles. The largest absolute Gasteiger partial charge is 0.355 e. The minimum Gasteiger partial charge on any atom is -0.355 e. The zero-order valence-electron chi connectivity index (χ0n) is 10.0. The van der Waals surface area contributed by atoms with E-state index in [1.165, 1.54) is 6.07 Å². The number of amides is 1. The molecule has 0 radical (unpaired) electrons. The monoisotopic (exact) mass is 223 g/mol.